The molecule has 0 aliphatic rings. The second kappa shape index (κ2) is 6.96. The number of benzene rings is 2. The summed E-state index contributed by atoms with van der Waals surface area (Å²) in [5.74, 6) is 0.651. The summed E-state index contributed by atoms with van der Waals surface area (Å²) in [5, 5.41) is 0. The van der Waals surface area contributed by atoms with Crippen LogP contribution in [0, 0.1) is 0 Å². The number of hydrogen-bond acceptors (Lipinski definition) is 3. The van der Waals surface area contributed by atoms with Gasteiger partial charge >= 0.3 is 0 Å². The maximum atomic E-state index is 11.1. The van der Waals surface area contributed by atoms with Crippen molar-refractivity contribution in [2.45, 2.75) is 13.5 Å². The maximum Gasteiger partial charge on any atom is 0.248 e. The first-order valence-electron chi connectivity index (χ1n) is 6.15. The predicted octanol–water partition coefficient (Wildman–Crippen LogP) is 3.75. The van der Waals surface area contributed by atoms with Gasteiger partial charge in [-0.2, -0.15) is 4.03 Å². The topological polar surface area (TPSA) is 41.6 Å². The molecule has 0 fully saturated rings. The van der Waals surface area contributed by atoms with Crippen LogP contribution in [0.5, 0.6) is 5.75 Å². The zero-order valence-corrected chi connectivity index (χ0v) is 12.6. The van der Waals surface area contributed by atoms with Gasteiger partial charge in [0.2, 0.25) is 5.91 Å². The van der Waals surface area contributed by atoms with Crippen LogP contribution in [0.25, 0.3) is 0 Å². The summed E-state index contributed by atoms with van der Waals surface area (Å²) in [6.45, 7) is 1.99. The van der Waals surface area contributed by atoms with Crippen LogP contribution in [0.2, 0.25) is 0 Å². The van der Waals surface area contributed by atoms with Crippen LogP contribution in [0.15, 0.2) is 54.6 Å². The number of carbonyl (C=O) groups is 1. The van der Waals surface area contributed by atoms with Gasteiger partial charge in [0.1, 0.15) is 12.4 Å². The first-order valence-corrected chi connectivity index (χ1v) is 6.86. The molecule has 104 valence electrons. The fraction of sp³-hybridized carbons (Fsp3) is 0.133. The fourth-order valence-corrected chi connectivity index (χ4v) is 1.76. The Labute approximate surface area is 126 Å². The Morgan fingerprint density at radius 2 is 1.80 bits per heavy atom. The first-order chi connectivity index (χ1) is 9.65. The standard InChI is InChI=1S/C15H15BrN2O2/c1-12(19)18(16)17-14-7-9-15(10-8-14)20-11-13-5-3-2-4-6-13/h2-10,17H,11H2,1H3. The highest BCUT2D eigenvalue weighted by Crippen LogP contribution is 2.18. The summed E-state index contributed by atoms with van der Waals surface area (Å²) in [6, 6.07) is 17.4. The van der Waals surface area contributed by atoms with Crippen molar-refractivity contribution < 1.29 is 9.53 Å². The molecule has 2 aromatic rings. The van der Waals surface area contributed by atoms with Crippen molar-refractivity contribution in [3.8, 4) is 5.75 Å². The number of anilines is 1. The van der Waals surface area contributed by atoms with Crippen molar-refractivity contribution in [1.29, 1.82) is 0 Å². The van der Waals surface area contributed by atoms with E-state index >= 15 is 0 Å². The minimum absolute atomic E-state index is 0.130. The highest BCUT2D eigenvalue weighted by molar-refractivity contribution is 9.07. The van der Waals surface area contributed by atoms with Crippen LogP contribution in [0.3, 0.4) is 0 Å². The molecule has 0 spiro atoms. The third-order valence-electron chi connectivity index (χ3n) is 2.61. The maximum absolute atomic E-state index is 11.1. The fourth-order valence-electron chi connectivity index (χ4n) is 1.56. The summed E-state index contributed by atoms with van der Waals surface area (Å²) in [7, 11) is 0. The SMILES string of the molecule is CC(=O)N(Br)Nc1ccc(OCc2ccccc2)cc1. The zero-order chi connectivity index (χ0) is 14.4. The molecule has 1 amide bonds. The van der Waals surface area contributed by atoms with Gasteiger partial charge in [-0.05, 0) is 29.8 Å². The number of ether oxygens (including phenoxy) is 1. The van der Waals surface area contributed by atoms with Gasteiger partial charge in [0.15, 0.2) is 0 Å². The number of rotatable bonds is 5. The van der Waals surface area contributed by atoms with Gasteiger partial charge < -0.3 is 4.74 Å². The van der Waals surface area contributed by atoms with E-state index < -0.39 is 0 Å². The summed E-state index contributed by atoms with van der Waals surface area (Å²) in [6.07, 6.45) is 0. The normalized spacial score (nSPS) is 9.90. The highest BCUT2D eigenvalue weighted by Gasteiger charge is 2.04. The van der Waals surface area contributed by atoms with Crippen LogP contribution < -0.4 is 10.2 Å². The molecule has 0 aliphatic heterocycles. The van der Waals surface area contributed by atoms with E-state index in [9.17, 15) is 4.79 Å². The number of hydrazine groups is 1. The number of nitrogens with one attached hydrogen (secondary N) is 1. The van der Waals surface area contributed by atoms with E-state index in [1.807, 2.05) is 54.6 Å². The molecule has 0 saturated carbocycles. The van der Waals surface area contributed by atoms with E-state index in [1.54, 1.807) is 0 Å². The Hall–Kier alpha value is -2.01. The highest BCUT2D eigenvalue weighted by atomic mass is 79.9. The number of halogens is 1. The molecule has 0 saturated heterocycles. The van der Waals surface area contributed by atoms with Crippen molar-refractivity contribution in [3.63, 3.8) is 0 Å². The second-order valence-corrected chi connectivity index (χ2v) is 4.92. The summed E-state index contributed by atoms with van der Waals surface area (Å²) >= 11 is 3.10. The first kappa shape index (κ1) is 14.4. The number of hydrogen-bond donors (Lipinski definition) is 1. The molecule has 0 bridgehead atoms. The summed E-state index contributed by atoms with van der Waals surface area (Å²) < 4.78 is 6.92. The molecule has 0 aliphatic carbocycles. The number of nitrogens with zero attached hydrogens (tertiary/aromatic N) is 1. The van der Waals surface area contributed by atoms with Gasteiger partial charge in [0, 0.05) is 6.92 Å². The molecule has 2 aromatic carbocycles. The van der Waals surface area contributed by atoms with Crippen molar-refractivity contribution in [3.05, 3.63) is 60.2 Å². The zero-order valence-electron chi connectivity index (χ0n) is 11.0. The molecule has 0 heterocycles. The molecule has 1 N–H and O–H groups in total. The number of carbonyl (C=O) groups excluding carboxylic acids is 1. The molecule has 20 heavy (non-hydrogen) atoms. The third-order valence-corrected chi connectivity index (χ3v) is 3.28. The van der Waals surface area contributed by atoms with Crippen molar-refractivity contribution >= 4 is 27.7 Å². The van der Waals surface area contributed by atoms with Crippen molar-refractivity contribution in [1.82, 2.24) is 4.03 Å². The third kappa shape index (κ3) is 4.28. The lowest BCUT2D eigenvalue weighted by atomic mass is 10.2. The van der Waals surface area contributed by atoms with Crippen LogP contribution in [0.4, 0.5) is 5.69 Å². The van der Waals surface area contributed by atoms with E-state index in [4.69, 9.17) is 4.74 Å². The predicted molar refractivity (Wildman–Crippen MR) is 82.3 cm³/mol. The molecule has 0 radical (unpaired) electrons. The second-order valence-electron chi connectivity index (χ2n) is 4.21. The Kier molecular flexibility index (Phi) is 5.01. The average Bonchev–Trinajstić information content (AvgIpc) is 2.47. The molecule has 0 atom stereocenters. The van der Waals surface area contributed by atoms with E-state index in [-0.39, 0.29) is 5.91 Å². The molecular weight excluding hydrogens is 320 g/mol. The molecule has 5 heteroatoms. The quantitative estimate of drug-likeness (QED) is 0.668. The minimum Gasteiger partial charge on any atom is -0.489 e. The van der Waals surface area contributed by atoms with Crippen LogP contribution in [0.1, 0.15) is 12.5 Å². The lowest BCUT2D eigenvalue weighted by Gasteiger charge is -2.15. The van der Waals surface area contributed by atoms with Gasteiger partial charge in [-0.1, -0.05) is 30.3 Å². The molecule has 0 unspecified atom stereocenters. The average molecular weight is 335 g/mol. The summed E-state index contributed by atoms with van der Waals surface area (Å²) in [5.41, 5.74) is 4.81. The van der Waals surface area contributed by atoms with E-state index in [0.29, 0.717) is 6.61 Å². The summed E-state index contributed by atoms with van der Waals surface area (Å²) in [4.78, 5) is 11.1. The van der Waals surface area contributed by atoms with Crippen LogP contribution in [-0.4, -0.2) is 9.94 Å². The van der Waals surface area contributed by atoms with Gasteiger partial charge in [-0.15, -0.1) is 0 Å². The molecule has 2 rings (SSSR count). The molecule has 0 aromatic heterocycles. The lowest BCUT2D eigenvalue weighted by Crippen LogP contribution is -2.23. The Bertz CT molecular complexity index is 558. The van der Waals surface area contributed by atoms with E-state index in [0.717, 1.165) is 17.0 Å². The number of amides is 1. The van der Waals surface area contributed by atoms with Gasteiger partial charge in [-0.3, -0.25) is 10.2 Å². The lowest BCUT2D eigenvalue weighted by molar-refractivity contribution is -0.122. The monoisotopic (exact) mass is 334 g/mol. The Morgan fingerprint density at radius 1 is 1.15 bits per heavy atom. The van der Waals surface area contributed by atoms with Gasteiger partial charge in [-0.25, -0.2) is 0 Å². The van der Waals surface area contributed by atoms with E-state index in [1.165, 1.54) is 11.0 Å². The van der Waals surface area contributed by atoms with Gasteiger partial charge in [0.05, 0.1) is 21.8 Å². The van der Waals surface area contributed by atoms with Crippen molar-refractivity contribution in [2.24, 2.45) is 0 Å². The Morgan fingerprint density at radius 3 is 2.40 bits per heavy atom. The van der Waals surface area contributed by atoms with Crippen molar-refractivity contribution in [2.75, 3.05) is 5.43 Å². The van der Waals surface area contributed by atoms with E-state index in [2.05, 4.69) is 21.6 Å². The molecular formula is C15H15BrN2O2. The van der Waals surface area contributed by atoms with Crippen LogP contribution >= 0.6 is 16.1 Å². The van der Waals surface area contributed by atoms with Crippen LogP contribution in [-0.2, 0) is 11.4 Å². The smallest absolute Gasteiger partial charge is 0.248 e. The molecule has 4 nitrogen and oxygen atoms in total. The largest absolute Gasteiger partial charge is 0.489 e. The Balaban J connectivity index is 1.90. The minimum atomic E-state index is -0.130. The van der Waals surface area contributed by atoms with Gasteiger partial charge in [0.25, 0.3) is 0 Å².